The third-order valence-electron chi connectivity index (χ3n) is 4.10. The average Bonchev–Trinajstić information content (AvgIpc) is 3.17. The number of hydrogen-bond acceptors (Lipinski definition) is 4. The van der Waals surface area contributed by atoms with Gasteiger partial charge in [0.05, 0.1) is 26.5 Å². The van der Waals surface area contributed by atoms with Gasteiger partial charge in [0.25, 0.3) is 5.91 Å². The van der Waals surface area contributed by atoms with Crippen molar-refractivity contribution < 1.29 is 13.4 Å². The van der Waals surface area contributed by atoms with E-state index in [1.807, 2.05) is 6.26 Å². The van der Waals surface area contributed by atoms with Gasteiger partial charge >= 0.3 is 0 Å². The molecular weight excluding hydrogens is 414 g/mol. The molecule has 0 aliphatic carbocycles. The molecule has 0 unspecified atom stereocenters. The van der Waals surface area contributed by atoms with Crippen LogP contribution >= 0.6 is 23.4 Å². The molecule has 3 rings (SSSR count). The Morgan fingerprint density at radius 2 is 1.86 bits per heavy atom. The summed E-state index contributed by atoms with van der Waals surface area (Å²) in [6.45, 7) is 0.513. The van der Waals surface area contributed by atoms with Crippen molar-refractivity contribution in [2.75, 3.05) is 12.8 Å². The molecular formula is C21H20ClNO3S2. The van der Waals surface area contributed by atoms with Crippen molar-refractivity contribution in [2.45, 2.75) is 22.0 Å². The molecule has 7 heteroatoms. The van der Waals surface area contributed by atoms with E-state index >= 15 is 0 Å². The maximum absolute atomic E-state index is 12.5. The second-order valence-corrected chi connectivity index (χ2v) is 8.75. The normalized spacial score (nSPS) is 11.9. The molecule has 146 valence electrons. The van der Waals surface area contributed by atoms with Crippen molar-refractivity contribution in [1.82, 2.24) is 5.32 Å². The predicted molar refractivity (Wildman–Crippen MR) is 115 cm³/mol. The van der Waals surface area contributed by atoms with E-state index in [2.05, 4.69) is 29.6 Å². The fraction of sp³-hybridized carbons (Fsp3) is 0.190. The van der Waals surface area contributed by atoms with Crippen LogP contribution in [-0.4, -0.2) is 22.9 Å². The number of halogens is 1. The van der Waals surface area contributed by atoms with Crippen LogP contribution in [0.3, 0.4) is 0 Å². The number of thioether (sulfide) groups is 1. The lowest BCUT2D eigenvalue weighted by molar-refractivity contribution is 0.0925. The van der Waals surface area contributed by atoms with E-state index in [0.29, 0.717) is 22.2 Å². The number of benzene rings is 2. The third kappa shape index (κ3) is 5.50. The highest BCUT2D eigenvalue weighted by atomic mass is 35.5. The summed E-state index contributed by atoms with van der Waals surface area (Å²) in [6, 6.07) is 18.5. The fourth-order valence-corrected chi connectivity index (χ4v) is 4.50. The van der Waals surface area contributed by atoms with E-state index < -0.39 is 10.8 Å². The van der Waals surface area contributed by atoms with Gasteiger partial charge in [-0.25, -0.2) is 0 Å². The Balaban J connectivity index is 1.52. The maximum atomic E-state index is 12.5. The average molecular weight is 434 g/mol. The number of furan rings is 1. The molecule has 28 heavy (non-hydrogen) atoms. The summed E-state index contributed by atoms with van der Waals surface area (Å²) < 4.78 is 18.0. The van der Waals surface area contributed by atoms with Crippen molar-refractivity contribution >= 4 is 40.1 Å². The van der Waals surface area contributed by atoms with Gasteiger partial charge in [-0.2, -0.15) is 0 Å². The first-order valence-electron chi connectivity index (χ1n) is 8.69. The highest BCUT2D eigenvalue weighted by Crippen LogP contribution is 2.22. The number of amides is 1. The van der Waals surface area contributed by atoms with Crippen LogP contribution in [0.2, 0.25) is 5.02 Å². The zero-order chi connectivity index (χ0) is 19.9. The Bertz CT molecular complexity index is 970. The van der Waals surface area contributed by atoms with Gasteiger partial charge in [0, 0.05) is 11.4 Å². The Labute approximate surface area is 176 Å². The predicted octanol–water partition coefficient (Wildman–Crippen LogP) is 4.94. The van der Waals surface area contributed by atoms with Crippen LogP contribution in [-0.2, 0) is 23.0 Å². The van der Waals surface area contributed by atoms with Crippen LogP contribution in [0.15, 0.2) is 74.9 Å². The Kier molecular flexibility index (Phi) is 7.36. The summed E-state index contributed by atoms with van der Waals surface area (Å²) in [4.78, 5) is 14.0. The lowest BCUT2D eigenvalue weighted by Crippen LogP contribution is -2.25. The van der Waals surface area contributed by atoms with Gasteiger partial charge in [-0.1, -0.05) is 35.9 Å². The van der Waals surface area contributed by atoms with Gasteiger partial charge in [-0.3, -0.25) is 9.00 Å². The van der Waals surface area contributed by atoms with Gasteiger partial charge in [0.2, 0.25) is 0 Å². The van der Waals surface area contributed by atoms with Crippen LogP contribution in [0, 0.1) is 0 Å². The lowest BCUT2D eigenvalue weighted by atomic mass is 10.1. The molecule has 0 spiro atoms. The molecule has 1 amide bonds. The molecule has 0 aliphatic heterocycles. The molecule has 1 aromatic heterocycles. The van der Waals surface area contributed by atoms with Gasteiger partial charge < -0.3 is 9.73 Å². The summed E-state index contributed by atoms with van der Waals surface area (Å²) in [5.74, 6) is 0.578. The smallest absolute Gasteiger partial charge is 0.287 e. The summed E-state index contributed by atoms with van der Waals surface area (Å²) in [5.41, 5.74) is 1.16. The monoisotopic (exact) mass is 433 g/mol. The van der Waals surface area contributed by atoms with E-state index in [9.17, 15) is 9.00 Å². The number of carbonyl (C=O) groups excluding carboxylic acids is 1. The summed E-state index contributed by atoms with van der Waals surface area (Å²) >= 11 is 7.77. The standard InChI is InChI=1S/C21H20ClNO3S2/c1-27-17-9-6-15(7-10-17)12-13-23-21(24)19-11-8-16(26-19)14-28(25)20-5-3-2-4-18(20)22/h2-11H,12-14H2,1H3,(H,23,24)/t28-/m1/s1. The molecule has 2 aromatic carbocycles. The summed E-state index contributed by atoms with van der Waals surface area (Å²) in [6.07, 6.45) is 2.78. The molecule has 1 N–H and O–H groups in total. The minimum absolute atomic E-state index is 0.165. The zero-order valence-corrected chi connectivity index (χ0v) is 17.7. The number of carbonyl (C=O) groups is 1. The third-order valence-corrected chi connectivity index (χ3v) is 6.68. The Morgan fingerprint density at radius 1 is 1.11 bits per heavy atom. The van der Waals surface area contributed by atoms with Crippen molar-refractivity contribution in [3.05, 3.63) is 82.8 Å². The Hall–Kier alpha value is -2.02. The lowest BCUT2D eigenvalue weighted by Gasteiger charge is -2.05. The summed E-state index contributed by atoms with van der Waals surface area (Å²) in [7, 11) is -1.34. The van der Waals surface area contributed by atoms with Gasteiger partial charge in [0.1, 0.15) is 5.76 Å². The molecule has 1 atom stereocenters. The van der Waals surface area contributed by atoms with Crippen LogP contribution < -0.4 is 5.32 Å². The zero-order valence-electron chi connectivity index (χ0n) is 15.3. The van der Waals surface area contributed by atoms with Crippen LogP contribution in [0.1, 0.15) is 21.9 Å². The SMILES string of the molecule is CSc1ccc(CCNC(=O)c2ccc(C[S@@](=O)c3ccccc3Cl)o2)cc1. The topological polar surface area (TPSA) is 59.3 Å². The minimum Gasteiger partial charge on any atom is -0.455 e. The Morgan fingerprint density at radius 3 is 2.57 bits per heavy atom. The second kappa shape index (κ2) is 9.96. The molecule has 1 heterocycles. The molecule has 0 radical (unpaired) electrons. The van der Waals surface area contributed by atoms with Crippen LogP contribution in [0.4, 0.5) is 0 Å². The van der Waals surface area contributed by atoms with Gasteiger partial charge in [0.15, 0.2) is 5.76 Å². The van der Waals surface area contributed by atoms with Crippen molar-refractivity contribution in [2.24, 2.45) is 0 Å². The molecule has 0 bridgehead atoms. The number of hydrogen-bond donors (Lipinski definition) is 1. The molecule has 0 saturated heterocycles. The molecule has 0 saturated carbocycles. The first-order chi connectivity index (χ1) is 13.6. The van der Waals surface area contributed by atoms with Crippen LogP contribution in [0.25, 0.3) is 0 Å². The molecule has 4 nitrogen and oxygen atoms in total. The van der Waals surface area contributed by atoms with E-state index in [0.717, 1.165) is 12.0 Å². The summed E-state index contributed by atoms with van der Waals surface area (Å²) in [5, 5.41) is 3.30. The quantitative estimate of drug-likeness (QED) is 0.511. The molecule has 0 aliphatic rings. The molecule has 0 fully saturated rings. The number of rotatable bonds is 8. The largest absolute Gasteiger partial charge is 0.455 e. The number of nitrogens with one attached hydrogen (secondary N) is 1. The highest BCUT2D eigenvalue weighted by Gasteiger charge is 2.14. The van der Waals surface area contributed by atoms with Gasteiger partial charge in [-0.15, -0.1) is 11.8 Å². The van der Waals surface area contributed by atoms with Crippen molar-refractivity contribution in [3.8, 4) is 0 Å². The van der Waals surface area contributed by atoms with Crippen molar-refractivity contribution in [1.29, 1.82) is 0 Å². The minimum atomic E-state index is -1.34. The highest BCUT2D eigenvalue weighted by molar-refractivity contribution is 7.98. The fourth-order valence-electron chi connectivity index (χ4n) is 2.61. The first-order valence-corrected chi connectivity index (χ1v) is 11.6. The second-order valence-electron chi connectivity index (χ2n) is 6.04. The van der Waals surface area contributed by atoms with E-state index in [1.165, 1.54) is 4.90 Å². The van der Waals surface area contributed by atoms with E-state index in [1.54, 1.807) is 48.2 Å². The maximum Gasteiger partial charge on any atom is 0.287 e. The molecule has 3 aromatic rings. The van der Waals surface area contributed by atoms with E-state index in [-0.39, 0.29) is 17.4 Å². The van der Waals surface area contributed by atoms with E-state index in [4.69, 9.17) is 16.0 Å². The van der Waals surface area contributed by atoms with Crippen LogP contribution in [0.5, 0.6) is 0 Å². The first kappa shape index (κ1) is 20.7. The van der Waals surface area contributed by atoms with Gasteiger partial charge in [-0.05, 0) is 54.6 Å². The van der Waals surface area contributed by atoms with Crippen molar-refractivity contribution in [3.63, 3.8) is 0 Å².